The van der Waals surface area contributed by atoms with Gasteiger partial charge in [0.15, 0.2) is 12.1 Å². The van der Waals surface area contributed by atoms with Gasteiger partial charge in [0.05, 0.1) is 12.2 Å². The lowest BCUT2D eigenvalue weighted by molar-refractivity contribution is -0.123. The van der Waals surface area contributed by atoms with Gasteiger partial charge in [0.25, 0.3) is 11.8 Å². The van der Waals surface area contributed by atoms with Crippen molar-refractivity contribution < 1.29 is 14.0 Å². The fourth-order valence-corrected chi connectivity index (χ4v) is 3.30. The second-order valence-corrected chi connectivity index (χ2v) is 6.60. The first kappa shape index (κ1) is 16.4. The monoisotopic (exact) mass is 352 g/mol. The molecule has 2 aliphatic heterocycles. The summed E-state index contributed by atoms with van der Waals surface area (Å²) in [5.41, 5.74) is 3.28. The van der Waals surface area contributed by atoms with Gasteiger partial charge in [0.1, 0.15) is 5.82 Å². The highest BCUT2D eigenvalue weighted by Crippen LogP contribution is 2.33. The first-order valence-corrected chi connectivity index (χ1v) is 8.32. The van der Waals surface area contributed by atoms with Crippen LogP contribution in [-0.2, 0) is 16.1 Å². The zero-order chi connectivity index (χ0) is 18.4. The molecular weight excluding hydrogens is 335 g/mol. The third-order valence-corrected chi connectivity index (χ3v) is 4.84. The Bertz CT molecular complexity index is 943. The van der Waals surface area contributed by atoms with Gasteiger partial charge in [-0.05, 0) is 54.8 Å². The maximum Gasteiger partial charge on any atom is 0.263 e. The van der Waals surface area contributed by atoms with Crippen molar-refractivity contribution in [3.63, 3.8) is 0 Å². The van der Waals surface area contributed by atoms with Gasteiger partial charge in [-0.25, -0.2) is 9.29 Å². The minimum Gasteiger partial charge on any atom is -0.271 e. The number of imide groups is 1. The van der Waals surface area contributed by atoms with E-state index >= 15 is 0 Å². The number of hydrogen-bond donors (Lipinski definition) is 0. The molecule has 0 bridgehead atoms. The third kappa shape index (κ3) is 2.56. The number of amides is 2. The molecule has 1 fully saturated rings. The highest BCUT2D eigenvalue weighted by atomic mass is 19.1. The first-order valence-electron chi connectivity index (χ1n) is 8.32. The van der Waals surface area contributed by atoms with Gasteiger partial charge in [-0.1, -0.05) is 23.4 Å². The number of halogens is 1. The van der Waals surface area contributed by atoms with Crippen molar-refractivity contribution >= 4 is 17.5 Å². The van der Waals surface area contributed by atoms with Crippen LogP contribution in [0.4, 0.5) is 10.1 Å². The second-order valence-electron chi connectivity index (χ2n) is 6.60. The molecule has 2 aromatic rings. The van der Waals surface area contributed by atoms with Crippen LogP contribution in [0, 0.1) is 19.7 Å². The Morgan fingerprint density at radius 3 is 2.58 bits per heavy atom. The van der Waals surface area contributed by atoms with Crippen molar-refractivity contribution in [3.8, 4) is 0 Å². The van der Waals surface area contributed by atoms with Gasteiger partial charge in [-0.2, -0.15) is 5.11 Å². The molecule has 6 nitrogen and oxygen atoms in total. The smallest absolute Gasteiger partial charge is 0.263 e. The van der Waals surface area contributed by atoms with Crippen molar-refractivity contribution in [2.24, 2.45) is 10.3 Å². The molecule has 2 unspecified atom stereocenters. The van der Waals surface area contributed by atoms with Crippen molar-refractivity contribution in [1.29, 1.82) is 0 Å². The van der Waals surface area contributed by atoms with Gasteiger partial charge < -0.3 is 0 Å². The topological polar surface area (TPSA) is 65.3 Å². The molecule has 0 aliphatic carbocycles. The molecule has 2 atom stereocenters. The maximum atomic E-state index is 13.4. The van der Waals surface area contributed by atoms with Gasteiger partial charge in [-0.15, -0.1) is 0 Å². The quantitative estimate of drug-likeness (QED) is 0.798. The maximum absolute atomic E-state index is 13.4. The van der Waals surface area contributed by atoms with E-state index in [0.29, 0.717) is 11.3 Å². The Morgan fingerprint density at radius 1 is 1.04 bits per heavy atom. The molecule has 0 radical (unpaired) electrons. The zero-order valence-electron chi connectivity index (χ0n) is 14.4. The van der Waals surface area contributed by atoms with Crippen molar-refractivity contribution in [1.82, 2.24) is 5.01 Å². The molecule has 1 saturated heterocycles. The Balaban J connectivity index is 1.62. The van der Waals surface area contributed by atoms with E-state index in [1.165, 1.54) is 22.0 Å². The van der Waals surface area contributed by atoms with E-state index in [0.717, 1.165) is 11.1 Å². The van der Waals surface area contributed by atoms with Crippen LogP contribution in [0.1, 0.15) is 16.7 Å². The number of benzene rings is 2. The number of fused-ring (bicyclic) bond motifs is 1. The molecule has 132 valence electrons. The Kier molecular flexibility index (Phi) is 3.79. The zero-order valence-corrected chi connectivity index (χ0v) is 14.4. The summed E-state index contributed by atoms with van der Waals surface area (Å²) in [6, 6.07) is 9.89. The summed E-state index contributed by atoms with van der Waals surface area (Å²) in [5.74, 6) is -1.10. The highest BCUT2D eigenvalue weighted by molar-refractivity contribution is 6.25. The van der Waals surface area contributed by atoms with Crippen molar-refractivity contribution in [2.75, 3.05) is 4.90 Å². The third-order valence-electron chi connectivity index (χ3n) is 4.84. The lowest BCUT2D eigenvalue weighted by Crippen LogP contribution is -2.39. The minimum atomic E-state index is -0.849. The summed E-state index contributed by atoms with van der Waals surface area (Å²) in [6.07, 6.45) is 0. The van der Waals surface area contributed by atoms with Crippen LogP contribution in [0.5, 0.6) is 0 Å². The number of aryl methyl sites for hydroxylation is 2. The van der Waals surface area contributed by atoms with Crippen molar-refractivity contribution in [2.45, 2.75) is 32.5 Å². The van der Waals surface area contributed by atoms with Crippen LogP contribution < -0.4 is 4.90 Å². The van der Waals surface area contributed by atoms with E-state index in [4.69, 9.17) is 0 Å². The minimum absolute atomic E-state index is 0.211. The van der Waals surface area contributed by atoms with Crippen LogP contribution in [0.15, 0.2) is 52.8 Å². The number of hydrogen-bond acceptors (Lipinski definition) is 5. The number of anilines is 1. The number of carbonyl (C=O) groups is 2. The van der Waals surface area contributed by atoms with Gasteiger partial charge in [0.2, 0.25) is 0 Å². The Morgan fingerprint density at radius 2 is 1.85 bits per heavy atom. The van der Waals surface area contributed by atoms with E-state index in [1.54, 1.807) is 18.2 Å². The van der Waals surface area contributed by atoms with Gasteiger partial charge in [-0.3, -0.25) is 14.6 Å². The molecule has 26 heavy (non-hydrogen) atoms. The molecule has 2 amide bonds. The van der Waals surface area contributed by atoms with Crippen LogP contribution in [0.3, 0.4) is 0 Å². The van der Waals surface area contributed by atoms with E-state index in [-0.39, 0.29) is 24.2 Å². The van der Waals surface area contributed by atoms with Crippen molar-refractivity contribution in [3.05, 3.63) is 65.0 Å². The summed E-state index contributed by atoms with van der Waals surface area (Å²) < 4.78 is 13.4. The average molecular weight is 352 g/mol. The van der Waals surface area contributed by atoms with E-state index in [1.807, 2.05) is 26.0 Å². The SMILES string of the molecule is Cc1ccc(N2C(=O)C3N=NN(Cc4cccc(F)c4)C3C2=O)cc1C. The molecule has 2 aromatic carbocycles. The normalized spacial score (nSPS) is 21.7. The summed E-state index contributed by atoms with van der Waals surface area (Å²) >= 11 is 0. The summed E-state index contributed by atoms with van der Waals surface area (Å²) in [5, 5.41) is 9.42. The Labute approximate surface area is 149 Å². The Hall–Kier alpha value is -3.09. The fraction of sp³-hybridized carbons (Fsp3) is 0.263. The predicted octanol–water partition coefficient (Wildman–Crippen LogP) is 2.94. The number of nitrogens with zero attached hydrogens (tertiary/aromatic N) is 4. The molecule has 0 N–H and O–H groups in total. The first-order chi connectivity index (χ1) is 12.5. The molecule has 0 aromatic heterocycles. The molecule has 0 spiro atoms. The second kappa shape index (κ2) is 6.01. The lowest BCUT2D eigenvalue weighted by atomic mass is 10.1. The molecule has 2 heterocycles. The summed E-state index contributed by atoms with van der Waals surface area (Å²) in [4.78, 5) is 26.8. The fourth-order valence-electron chi connectivity index (χ4n) is 3.30. The van der Waals surface area contributed by atoms with Gasteiger partial charge >= 0.3 is 0 Å². The lowest BCUT2D eigenvalue weighted by Gasteiger charge is -2.21. The van der Waals surface area contributed by atoms with Crippen LogP contribution >= 0.6 is 0 Å². The average Bonchev–Trinajstić information content (AvgIpc) is 3.11. The predicted molar refractivity (Wildman–Crippen MR) is 92.8 cm³/mol. The highest BCUT2D eigenvalue weighted by Gasteiger charge is 2.54. The summed E-state index contributed by atoms with van der Waals surface area (Å²) in [6.45, 7) is 4.11. The molecular formula is C19H17FN4O2. The van der Waals surface area contributed by atoms with E-state index < -0.39 is 12.1 Å². The van der Waals surface area contributed by atoms with E-state index in [9.17, 15) is 14.0 Å². The van der Waals surface area contributed by atoms with Crippen LogP contribution in [0.25, 0.3) is 0 Å². The van der Waals surface area contributed by atoms with E-state index in [2.05, 4.69) is 10.3 Å². The molecule has 4 rings (SSSR count). The molecule has 2 aliphatic rings. The standard InChI is InChI=1S/C19H17FN4O2/c1-11-6-7-15(8-12(11)2)24-18(25)16-17(19(24)26)23(22-21-16)10-13-4-3-5-14(20)9-13/h3-9,16-17H,10H2,1-2H3. The van der Waals surface area contributed by atoms with Crippen LogP contribution in [-0.4, -0.2) is 28.9 Å². The number of rotatable bonds is 3. The molecule has 0 saturated carbocycles. The summed E-state index contributed by atoms with van der Waals surface area (Å²) in [7, 11) is 0. The molecule has 7 heteroatoms. The largest absolute Gasteiger partial charge is 0.271 e. The number of carbonyl (C=O) groups excluding carboxylic acids is 2. The van der Waals surface area contributed by atoms with Gasteiger partial charge in [0, 0.05) is 0 Å². The van der Waals surface area contributed by atoms with Crippen LogP contribution in [0.2, 0.25) is 0 Å².